The summed E-state index contributed by atoms with van der Waals surface area (Å²) in [6.07, 6.45) is 10.5. The third kappa shape index (κ3) is 4.27. The maximum Gasteiger partial charge on any atom is 0.261 e. The molecular formula is C26H30N2O4. The molecule has 3 amide bonds. The number of imide groups is 1. The maximum absolute atomic E-state index is 12.7. The van der Waals surface area contributed by atoms with Crippen LogP contribution >= 0.6 is 0 Å². The van der Waals surface area contributed by atoms with E-state index < -0.39 is 0 Å². The van der Waals surface area contributed by atoms with E-state index in [0.29, 0.717) is 24.1 Å². The van der Waals surface area contributed by atoms with E-state index in [1.54, 1.807) is 36.3 Å². The fraction of sp³-hybridized carbons (Fsp3) is 0.423. The fourth-order valence-electron chi connectivity index (χ4n) is 4.90. The monoisotopic (exact) mass is 434 g/mol. The fourth-order valence-corrected chi connectivity index (χ4v) is 4.90. The number of rotatable bonds is 4. The summed E-state index contributed by atoms with van der Waals surface area (Å²) in [4.78, 5) is 39.8. The Labute approximate surface area is 189 Å². The van der Waals surface area contributed by atoms with Crippen molar-refractivity contribution in [3.8, 4) is 5.75 Å². The molecule has 2 aromatic carbocycles. The Kier molecular flexibility index (Phi) is 6.88. The minimum atomic E-state index is -0.381. The van der Waals surface area contributed by atoms with Crippen LogP contribution in [-0.4, -0.2) is 48.2 Å². The smallest absolute Gasteiger partial charge is 0.261 e. The Hall–Kier alpha value is -3.15. The van der Waals surface area contributed by atoms with Gasteiger partial charge < -0.3 is 9.64 Å². The van der Waals surface area contributed by atoms with Gasteiger partial charge in [-0.25, -0.2) is 0 Å². The van der Waals surface area contributed by atoms with Gasteiger partial charge in [0.15, 0.2) is 0 Å². The van der Waals surface area contributed by atoms with E-state index in [1.807, 2.05) is 18.2 Å². The van der Waals surface area contributed by atoms with Crippen LogP contribution in [0, 0.1) is 0 Å². The zero-order valence-corrected chi connectivity index (χ0v) is 18.6. The SMILES string of the molecule is C1CCCCC1.COc1cccc2c1CCN(C=O)[C@H]2CN1C(=O)c2ccccc2C1=O. The lowest BCUT2D eigenvalue weighted by molar-refractivity contribution is -0.121. The minimum absolute atomic E-state index is 0.130. The Balaban J connectivity index is 0.000000354. The molecule has 1 atom stereocenters. The summed E-state index contributed by atoms with van der Waals surface area (Å²) in [5.74, 6) is 0.137. The topological polar surface area (TPSA) is 66.9 Å². The van der Waals surface area contributed by atoms with Gasteiger partial charge in [0.1, 0.15) is 5.75 Å². The highest BCUT2D eigenvalue weighted by Gasteiger charge is 2.39. The lowest BCUT2D eigenvalue weighted by atomic mass is 9.91. The van der Waals surface area contributed by atoms with Crippen LogP contribution in [0.25, 0.3) is 0 Å². The summed E-state index contributed by atoms with van der Waals surface area (Å²) in [5.41, 5.74) is 2.77. The zero-order valence-electron chi connectivity index (χ0n) is 18.6. The normalized spacial score (nSPS) is 19.6. The number of carbonyl (C=O) groups is 3. The van der Waals surface area contributed by atoms with Crippen LogP contribution in [0.3, 0.4) is 0 Å². The Morgan fingerprint density at radius 2 is 1.50 bits per heavy atom. The van der Waals surface area contributed by atoms with E-state index in [4.69, 9.17) is 4.74 Å². The van der Waals surface area contributed by atoms with Gasteiger partial charge in [-0.1, -0.05) is 62.8 Å². The van der Waals surface area contributed by atoms with Crippen molar-refractivity contribution in [3.05, 3.63) is 64.7 Å². The predicted molar refractivity (Wildman–Crippen MR) is 122 cm³/mol. The summed E-state index contributed by atoms with van der Waals surface area (Å²) >= 11 is 0. The van der Waals surface area contributed by atoms with Crippen molar-refractivity contribution in [2.24, 2.45) is 0 Å². The molecule has 0 unspecified atom stereocenters. The lowest BCUT2D eigenvalue weighted by Crippen LogP contribution is -2.43. The number of amides is 3. The number of benzene rings is 2. The van der Waals surface area contributed by atoms with Crippen LogP contribution in [0.2, 0.25) is 0 Å². The number of nitrogens with zero attached hydrogens (tertiary/aromatic N) is 2. The highest BCUT2D eigenvalue weighted by molar-refractivity contribution is 6.21. The van der Waals surface area contributed by atoms with Crippen LogP contribution in [0.5, 0.6) is 5.75 Å². The Morgan fingerprint density at radius 1 is 0.906 bits per heavy atom. The van der Waals surface area contributed by atoms with E-state index in [-0.39, 0.29) is 24.4 Å². The summed E-state index contributed by atoms with van der Waals surface area (Å²) in [6.45, 7) is 0.649. The summed E-state index contributed by atoms with van der Waals surface area (Å²) in [6, 6.07) is 12.1. The van der Waals surface area contributed by atoms with Crippen molar-refractivity contribution in [3.63, 3.8) is 0 Å². The van der Waals surface area contributed by atoms with Gasteiger partial charge in [-0.3, -0.25) is 19.3 Å². The lowest BCUT2D eigenvalue weighted by Gasteiger charge is -2.37. The number of fused-ring (bicyclic) bond motifs is 2. The van der Waals surface area contributed by atoms with Gasteiger partial charge in [0.25, 0.3) is 11.8 Å². The van der Waals surface area contributed by atoms with Crippen molar-refractivity contribution >= 4 is 18.2 Å². The molecule has 0 saturated heterocycles. The van der Waals surface area contributed by atoms with E-state index in [1.165, 1.54) is 43.4 Å². The second kappa shape index (κ2) is 9.98. The van der Waals surface area contributed by atoms with E-state index in [0.717, 1.165) is 23.3 Å². The molecule has 6 heteroatoms. The number of carbonyl (C=O) groups excluding carboxylic acids is 3. The van der Waals surface area contributed by atoms with E-state index >= 15 is 0 Å². The molecule has 0 aromatic heterocycles. The number of hydrogen-bond donors (Lipinski definition) is 0. The molecule has 5 rings (SSSR count). The molecule has 1 aliphatic carbocycles. The second-order valence-electron chi connectivity index (χ2n) is 8.52. The maximum atomic E-state index is 12.7. The molecular weight excluding hydrogens is 404 g/mol. The van der Waals surface area contributed by atoms with Crippen molar-refractivity contribution in [2.45, 2.75) is 51.0 Å². The first-order valence-corrected chi connectivity index (χ1v) is 11.5. The Bertz CT molecular complexity index is 953. The van der Waals surface area contributed by atoms with Crippen molar-refractivity contribution in [2.75, 3.05) is 20.2 Å². The summed E-state index contributed by atoms with van der Waals surface area (Å²) < 4.78 is 5.44. The average Bonchev–Trinajstić information content (AvgIpc) is 3.10. The second-order valence-corrected chi connectivity index (χ2v) is 8.52. The average molecular weight is 435 g/mol. The molecule has 3 aliphatic rings. The standard InChI is InChI=1S/C20H18N2O4.C6H12/c1-26-18-8-4-7-13-14(18)9-10-21(12-23)17(13)11-22-19(24)15-5-2-3-6-16(15)20(22)25;1-2-4-6-5-3-1/h2-8,12,17H,9-11H2,1H3;1-6H2/t17-;/m0./s1. The molecule has 32 heavy (non-hydrogen) atoms. The van der Waals surface area contributed by atoms with Gasteiger partial charge in [-0.2, -0.15) is 0 Å². The van der Waals surface area contributed by atoms with E-state index in [9.17, 15) is 14.4 Å². The predicted octanol–water partition coefficient (Wildman–Crippen LogP) is 4.39. The van der Waals surface area contributed by atoms with Crippen LogP contribution in [0.1, 0.15) is 76.4 Å². The van der Waals surface area contributed by atoms with Gasteiger partial charge in [0.2, 0.25) is 6.41 Å². The van der Waals surface area contributed by atoms with Crippen molar-refractivity contribution < 1.29 is 19.1 Å². The minimum Gasteiger partial charge on any atom is -0.496 e. The van der Waals surface area contributed by atoms with Crippen LogP contribution in [0.4, 0.5) is 0 Å². The van der Waals surface area contributed by atoms with Crippen LogP contribution in [-0.2, 0) is 11.2 Å². The van der Waals surface area contributed by atoms with Crippen LogP contribution < -0.4 is 4.74 Å². The number of hydrogen-bond acceptors (Lipinski definition) is 4. The molecule has 0 spiro atoms. The highest BCUT2D eigenvalue weighted by atomic mass is 16.5. The van der Waals surface area contributed by atoms with E-state index in [2.05, 4.69) is 0 Å². The molecule has 2 aromatic rings. The highest BCUT2D eigenvalue weighted by Crippen LogP contribution is 2.36. The first-order valence-electron chi connectivity index (χ1n) is 11.5. The zero-order chi connectivity index (χ0) is 22.5. The molecule has 0 radical (unpaired) electrons. The van der Waals surface area contributed by atoms with Crippen molar-refractivity contribution in [1.29, 1.82) is 0 Å². The molecule has 168 valence electrons. The van der Waals surface area contributed by atoms with Gasteiger partial charge in [-0.05, 0) is 30.2 Å². The van der Waals surface area contributed by atoms with Crippen molar-refractivity contribution in [1.82, 2.24) is 9.80 Å². The van der Waals surface area contributed by atoms with Crippen LogP contribution in [0.15, 0.2) is 42.5 Å². The quantitative estimate of drug-likeness (QED) is 0.529. The van der Waals surface area contributed by atoms with Gasteiger partial charge in [-0.15, -0.1) is 0 Å². The molecule has 2 aliphatic heterocycles. The molecule has 1 saturated carbocycles. The molecule has 0 N–H and O–H groups in total. The molecule has 1 fully saturated rings. The number of ether oxygens (including phenoxy) is 1. The molecule has 0 bridgehead atoms. The molecule has 6 nitrogen and oxygen atoms in total. The largest absolute Gasteiger partial charge is 0.496 e. The summed E-state index contributed by atoms with van der Waals surface area (Å²) in [5, 5.41) is 0. The summed E-state index contributed by atoms with van der Waals surface area (Å²) in [7, 11) is 1.61. The van der Waals surface area contributed by atoms with Gasteiger partial charge >= 0.3 is 0 Å². The van der Waals surface area contributed by atoms with Gasteiger partial charge in [0.05, 0.1) is 30.8 Å². The Morgan fingerprint density at radius 3 is 2.03 bits per heavy atom. The molecule has 2 heterocycles. The number of methoxy groups -OCH3 is 1. The third-order valence-electron chi connectivity index (χ3n) is 6.64. The first-order chi connectivity index (χ1) is 15.7. The first kappa shape index (κ1) is 22.1. The third-order valence-corrected chi connectivity index (χ3v) is 6.64. The van der Waals surface area contributed by atoms with Gasteiger partial charge in [0, 0.05) is 12.1 Å².